The summed E-state index contributed by atoms with van der Waals surface area (Å²) in [6.07, 6.45) is 3.14. The molecule has 1 aromatic heterocycles. The number of rotatable bonds is 5. The SMILES string of the molecule is CC(=O)n1nc(N)cc1CC(=O)NC(c1c(F)ccc(Cl)c1F)C1CCCC1. The van der Waals surface area contributed by atoms with Crippen LogP contribution in [-0.2, 0) is 11.2 Å². The maximum atomic E-state index is 14.6. The van der Waals surface area contributed by atoms with Crippen LogP contribution in [0.2, 0.25) is 5.02 Å². The van der Waals surface area contributed by atoms with E-state index in [2.05, 4.69) is 10.4 Å². The topological polar surface area (TPSA) is 90.0 Å². The van der Waals surface area contributed by atoms with Crippen molar-refractivity contribution in [3.8, 4) is 0 Å². The minimum Gasteiger partial charge on any atom is -0.382 e. The molecule has 3 N–H and O–H groups in total. The van der Waals surface area contributed by atoms with Crippen LogP contribution >= 0.6 is 11.6 Å². The van der Waals surface area contributed by atoms with Gasteiger partial charge in [0.15, 0.2) is 0 Å². The summed E-state index contributed by atoms with van der Waals surface area (Å²) in [6, 6.07) is 2.82. The first-order valence-electron chi connectivity index (χ1n) is 9.06. The molecule has 1 aromatic carbocycles. The Labute approximate surface area is 166 Å². The Balaban J connectivity index is 1.88. The number of hydrogen-bond acceptors (Lipinski definition) is 4. The van der Waals surface area contributed by atoms with Crippen molar-refractivity contribution in [1.82, 2.24) is 15.1 Å². The van der Waals surface area contributed by atoms with E-state index in [4.69, 9.17) is 17.3 Å². The van der Waals surface area contributed by atoms with E-state index in [1.807, 2.05) is 0 Å². The van der Waals surface area contributed by atoms with Gasteiger partial charge in [-0.25, -0.2) is 13.5 Å². The molecule has 6 nitrogen and oxygen atoms in total. The number of nitrogens with two attached hydrogens (primary N) is 1. The highest BCUT2D eigenvalue weighted by Crippen LogP contribution is 2.39. The average Bonchev–Trinajstić information content (AvgIpc) is 3.27. The largest absolute Gasteiger partial charge is 0.382 e. The van der Waals surface area contributed by atoms with Crippen molar-refractivity contribution in [2.45, 2.75) is 45.1 Å². The van der Waals surface area contributed by atoms with Gasteiger partial charge in [0, 0.05) is 18.6 Å². The number of nitrogens with zero attached hydrogens (tertiary/aromatic N) is 2. The zero-order chi connectivity index (χ0) is 20.4. The number of halogens is 3. The number of carbonyl (C=O) groups excluding carboxylic acids is 2. The van der Waals surface area contributed by atoms with Crippen molar-refractivity contribution in [2.75, 3.05) is 5.73 Å². The van der Waals surface area contributed by atoms with Gasteiger partial charge in [-0.05, 0) is 30.9 Å². The zero-order valence-electron chi connectivity index (χ0n) is 15.3. The molecule has 1 unspecified atom stereocenters. The van der Waals surface area contributed by atoms with Crippen molar-refractivity contribution in [1.29, 1.82) is 0 Å². The number of nitrogens with one attached hydrogen (secondary N) is 1. The highest BCUT2D eigenvalue weighted by atomic mass is 35.5. The van der Waals surface area contributed by atoms with Crippen molar-refractivity contribution < 1.29 is 18.4 Å². The Morgan fingerprint density at radius 1 is 1.36 bits per heavy atom. The molecule has 0 spiro atoms. The third-order valence-corrected chi connectivity index (χ3v) is 5.31. The maximum absolute atomic E-state index is 14.6. The lowest BCUT2D eigenvalue weighted by Crippen LogP contribution is -2.35. The summed E-state index contributed by atoms with van der Waals surface area (Å²) in [6.45, 7) is 1.30. The monoisotopic (exact) mass is 410 g/mol. The maximum Gasteiger partial charge on any atom is 0.244 e. The molecular weight excluding hydrogens is 390 g/mol. The van der Waals surface area contributed by atoms with E-state index in [0.29, 0.717) is 5.69 Å². The Hall–Kier alpha value is -2.48. The van der Waals surface area contributed by atoms with Crippen LogP contribution in [0.1, 0.15) is 54.7 Å². The van der Waals surface area contributed by atoms with E-state index in [-0.39, 0.29) is 28.7 Å². The highest BCUT2D eigenvalue weighted by molar-refractivity contribution is 6.30. The highest BCUT2D eigenvalue weighted by Gasteiger charge is 2.33. The Kier molecular flexibility index (Phi) is 5.98. The summed E-state index contributed by atoms with van der Waals surface area (Å²) in [5.41, 5.74) is 5.69. The summed E-state index contributed by atoms with van der Waals surface area (Å²) < 4.78 is 30.1. The normalized spacial score (nSPS) is 15.6. The van der Waals surface area contributed by atoms with Gasteiger partial charge in [-0.15, -0.1) is 5.10 Å². The first-order valence-corrected chi connectivity index (χ1v) is 9.43. The van der Waals surface area contributed by atoms with Crippen LogP contribution in [0.25, 0.3) is 0 Å². The van der Waals surface area contributed by atoms with Crippen molar-refractivity contribution in [3.05, 3.63) is 46.1 Å². The zero-order valence-corrected chi connectivity index (χ0v) is 16.1. The van der Waals surface area contributed by atoms with Crippen LogP contribution in [0.4, 0.5) is 14.6 Å². The van der Waals surface area contributed by atoms with Gasteiger partial charge in [0.25, 0.3) is 0 Å². The van der Waals surface area contributed by atoms with Gasteiger partial charge in [-0.1, -0.05) is 24.4 Å². The molecule has 1 aliphatic rings. The van der Waals surface area contributed by atoms with Gasteiger partial charge in [0.05, 0.1) is 23.2 Å². The van der Waals surface area contributed by atoms with Crippen molar-refractivity contribution in [3.63, 3.8) is 0 Å². The van der Waals surface area contributed by atoms with E-state index in [9.17, 15) is 18.4 Å². The van der Waals surface area contributed by atoms with Gasteiger partial charge in [0.1, 0.15) is 17.5 Å². The second-order valence-electron chi connectivity index (χ2n) is 7.01. The van der Waals surface area contributed by atoms with Crippen LogP contribution in [-0.4, -0.2) is 21.6 Å². The number of hydrogen-bond donors (Lipinski definition) is 2. The summed E-state index contributed by atoms with van der Waals surface area (Å²) in [5, 5.41) is 6.38. The van der Waals surface area contributed by atoms with Gasteiger partial charge >= 0.3 is 0 Å². The second kappa shape index (κ2) is 8.26. The molecule has 1 amide bonds. The molecular formula is C19H21ClF2N4O2. The van der Waals surface area contributed by atoms with E-state index >= 15 is 0 Å². The molecule has 150 valence electrons. The van der Waals surface area contributed by atoms with Crippen LogP contribution in [0, 0.1) is 17.6 Å². The smallest absolute Gasteiger partial charge is 0.244 e. The molecule has 0 radical (unpaired) electrons. The average molecular weight is 411 g/mol. The lowest BCUT2D eigenvalue weighted by Gasteiger charge is -2.26. The molecule has 3 rings (SSSR count). The van der Waals surface area contributed by atoms with Gasteiger partial charge < -0.3 is 11.1 Å². The van der Waals surface area contributed by atoms with E-state index in [0.717, 1.165) is 42.5 Å². The fourth-order valence-corrected chi connectivity index (χ4v) is 3.94. The molecule has 2 aromatic rings. The van der Waals surface area contributed by atoms with E-state index in [1.165, 1.54) is 13.0 Å². The molecule has 0 saturated heterocycles. The van der Waals surface area contributed by atoms with Gasteiger partial charge in [-0.2, -0.15) is 0 Å². The minimum absolute atomic E-state index is 0.103. The second-order valence-corrected chi connectivity index (χ2v) is 7.42. The summed E-state index contributed by atoms with van der Waals surface area (Å²) in [4.78, 5) is 24.3. The predicted molar refractivity (Wildman–Crippen MR) is 101 cm³/mol. The van der Waals surface area contributed by atoms with E-state index < -0.39 is 29.5 Å². The van der Waals surface area contributed by atoms with Crippen LogP contribution in [0.15, 0.2) is 18.2 Å². The van der Waals surface area contributed by atoms with Crippen LogP contribution < -0.4 is 11.1 Å². The molecule has 28 heavy (non-hydrogen) atoms. The van der Waals surface area contributed by atoms with Gasteiger partial charge in [-0.3, -0.25) is 9.59 Å². The number of amides is 1. The van der Waals surface area contributed by atoms with E-state index in [1.54, 1.807) is 0 Å². The summed E-state index contributed by atoms with van der Waals surface area (Å²) in [5.74, 6) is -2.49. The van der Waals surface area contributed by atoms with Crippen LogP contribution in [0.3, 0.4) is 0 Å². The minimum atomic E-state index is -0.864. The third kappa shape index (κ3) is 4.16. The number of carbonyl (C=O) groups is 2. The lowest BCUT2D eigenvalue weighted by molar-refractivity contribution is -0.121. The Morgan fingerprint density at radius 2 is 2.04 bits per heavy atom. The number of anilines is 1. The lowest BCUT2D eigenvalue weighted by atomic mass is 9.90. The molecule has 1 atom stereocenters. The first-order chi connectivity index (χ1) is 13.3. The molecule has 1 heterocycles. The third-order valence-electron chi connectivity index (χ3n) is 5.02. The fourth-order valence-electron chi connectivity index (χ4n) is 3.77. The number of aromatic nitrogens is 2. The first kappa shape index (κ1) is 20.3. The van der Waals surface area contributed by atoms with Gasteiger partial charge in [0.2, 0.25) is 11.8 Å². The number of benzene rings is 1. The summed E-state index contributed by atoms with van der Waals surface area (Å²) in [7, 11) is 0. The molecule has 1 fully saturated rings. The summed E-state index contributed by atoms with van der Waals surface area (Å²) >= 11 is 5.84. The van der Waals surface area contributed by atoms with Crippen molar-refractivity contribution >= 4 is 29.2 Å². The standard InChI is InChI=1S/C19H21ClF2N4O2/c1-10(27)26-12(8-15(23)25-26)9-16(28)24-19(11-4-2-3-5-11)17-14(21)7-6-13(20)18(17)22/h6-8,11,19H,2-5,9H2,1H3,(H2,23,25)(H,24,28). The molecule has 0 bridgehead atoms. The molecule has 1 saturated carbocycles. The predicted octanol–water partition coefficient (Wildman–Crippen LogP) is 3.65. The fraction of sp³-hybridized carbons (Fsp3) is 0.421. The van der Waals surface area contributed by atoms with Crippen molar-refractivity contribution in [2.24, 2.45) is 5.92 Å². The molecule has 9 heteroatoms. The Morgan fingerprint density at radius 3 is 2.68 bits per heavy atom. The molecule has 1 aliphatic carbocycles. The van der Waals surface area contributed by atoms with Crippen LogP contribution in [0.5, 0.6) is 0 Å². The number of nitrogen functional groups attached to an aromatic ring is 1. The quantitative estimate of drug-likeness (QED) is 0.736. The molecule has 0 aliphatic heterocycles. The Bertz CT molecular complexity index is 910.